The number of nitrogens with one attached hydrogen (secondary N) is 2. The van der Waals surface area contributed by atoms with Crippen LogP contribution in [-0.2, 0) is 11.2 Å². The molecule has 0 fully saturated rings. The van der Waals surface area contributed by atoms with E-state index in [9.17, 15) is 18.4 Å². The van der Waals surface area contributed by atoms with Crippen LogP contribution in [0, 0.1) is 11.6 Å². The Kier molecular flexibility index (Phi) is 6.49. The van der Waals surface area contributed by atoms with Crippen molar-refractivity contribution in [2.24, 2.45) is 5.84 Å². The molecule has 0 bridgehead atoms. The molecule has 0 unspecified atom stereocenters. The maximum absolute atomic E-state index is 14.3. The van der Waals surface area contributed by atoms with Gasteiger partial charge in [0.25, 0.3) is 11.8 Å². The zero-order chi connectivity index (χ0) is 23.5. The van der Waals surface area contributed by atoms with Gasteiger partial charge >= 0.3 is 6.09 Å². The summed E-state index contributed by atoms with van der Waals surface area (Å²) in [6.45, 7) is 5.24. The third-order valence-corrected chi connectivity index (χ3v) is 4.09. The SMILES string of the molecule is CC(C)(C)OC(=O)Nc1cccc(-c2nc(Cc3c(F)cc(C(=O)NN)cc3F)no2)c1. The van der Waals surface area contributed by atoms with E-state index in [0.29, 0.717) is 11.3 Å². The van der Waals surface area contributed by atoms with Crippen LogP contribution in [0.15, 0.2) is 40.9 Å². The number of rotatable bonds is 5. The molecule has 2 aromatic carbocycles. The first-order valence-electron chi connectivity index (χ1n) is 9.47. The van der Waals surface area contributed by atoms with Crippen LogP contribution in [0.3, 0.4) is 0 Å². The largest absolute Gasteiger partial charge is 0.444 e. The van der Waals surface area contributed by atoms with E-state index in [2.05, 4.69) is 15.5 Å². The first-order chi connectivity index (χ1) is 15.1. The number of carbonyl (C=O) groups is 2. The fourth-order valence-corrected chi connectivity index (χ4v) is 2.74. The van der Waals surface area contributed by atoms with Gasteiger partial charge in [-0.25, -0.2) is 19.4 Å². The standard InChI is InChI=1S/C21H21F2N5O4/c1-21(2,3)31-20(30)25-13-6-4-5-11(7-13)19-26-17(28-32-19)10-14-15(22)8-12(9-16(14)23)18(29)27-24/h4-9H,10,24H2,1-3H3,(H,25,30)(H,27,29). The second kappa shape index (κ2) is 9.10. The van der Waals surface area contributed by atoms with Crippen molar-refractivity contribution in [1.82, 2.24) is 15.6 Å². The smallest absolute Gasteiger partial charge is 0.412 e. The Morgan fingerprint density at radius 2 is 1.84 bits per heavy atom. The highest BCUT2D eigenvalue weighted by Crippen LogP contribution is 2.24. The van der Waals surface area contributed by atoms with Crippen molar-refractivity contribution in [2.45, 2.75) is 32.8 Å². The maximum atomic E-state index is 14.3. The van der Waals surface area contributed by atoms with Crippen molar-refractivity contribution in [3.63, 3.8) is 0 Å². The predicted molar refractivity (Wildman–Crippen MR) is 110 cm³/mol. The highest BCUT2D eigenvalue weighted by molar-refractivity contribution is 5.93. The molecule has 0 saturated heterocycles. The van der Waals surface area contributed by atoms with Gasteiger partial charge in [-0.3, -0.25) is 15.5 Å². The summed E-state index contributed by atoms with van der Waals surface area (Å²) >= 11 is 0. The van der Waals surface area contributed by atoms with Crippen molar-refractivity contribution < 1.29 is 27.6 Å². The van der Waals surface area contributed by atoms with Gasteiger partial charge in [-0.15, -0.1) is 0 Å². The number of nitrogen functional groups attached to an aromatic ring is 1. The van der Waals surface area contributed by atoms with Gasteiger partial charge in [0.05, 0.1) is 0 Å². The average molecular weight is 445 g/mol. The molecule has 1 heterocycles. The van der Waals surface area contributed by atoms with Crippen LogP contribution in [-0.4, -0.2) is 27.7 Å². The van der Waals surface area contributed by atoms with Crippen LogP contribution in [0.2, 0.25) is 0 Å². The van der Waals surface area contributed by atoms with Crippen molar-refractivity contribution in [2.75, 3.05) is 5.32 Å². The third kappa shape index (κ3) is 5.64. The lowest BCUT2D eigenvalue weighted by Gasteiger charge is -2.19. The Bertz CT molecular complexity index is 1130. The summed E-state index contributed by atoms with van der Waals surface area (Å²) in [5.41, 5.74) is 1.48. The molecule has 1 aromatic heterocycles. The number of hydrazine groups is 1. The van der Waals surface area contributed by atoms with E-state index < -0.39 is 29.2 Å². The quantitative estimate of drug-likeness (QED) is 0.311. The summed E-state index contributed by atoms with van der Waals surface area (Å²) in [7, 11) is 0. The summed E-state index contributed by atoms with van der Waals surface area (Å²) in [5, 5.41) is 6.35. The number of benzene rings is 2. The number of nitrogens with zero attached hydrogens (tertiary/aromatic N) is 2. The van der Waals surface area contributed by atoms with E-state index >= 15 is 0 Å². The molecule has 9 nitrogen and oxygen atoms in total. The number of halogens is 2. The first-order valence-corrected chi connectivity index (χ1v) is 9.47. The topological polar surface area (TPSA) is 132 Å². The van der Waals surface area contributed by atoms with Crippen molar-refractivity contribution in [3.8, 4) is 11.5 Å². The van der Waals surface area contributed by atoms with Gasteiger partial charge in [0.2, 0.25) is 0 Å². The molecule has 0 radical (unpaired) electrons. The van der Waals surface area contributed by atoms with Gasteiger partial charge in [-0.2, -0.15) is 4.98 Å². The number of hydrogen-bond donors (Lipinski definition) is 3. The molecule has 4 N–H and O–H groups in total. The summed E-state index contributed by atoms with van der Waals surface area (Å²) in [5.74, 6) is 2.38. The number of aromatic nitrogens is 2. The van der Waals surface area contributed by atoms with Crippen LogP contribution >= 0.6 is 0 Å². The molecule has 32 heavy (non-hydrogen) atoms. The minimum absolute atomic E-state index is 0.0272. The molecule has 0 saturated carbocycles. The predicted octanol–water partition coefficient (Wildman–Crippen LogP) is 3.56. The molecule has 11 heteroatoms. The molecule has 0 aliphatic rings. The van der Waals surface area contributed by atoms with Gasteiger partial charge in [0.15, 0.2) is 5.82 Å². The van der Waals surface area contributed by atoms with Gasteiger partial charge in [-0.1, -0.05) is 11.2 Å². The number of nitrogens with two attached hydrogens (primary N) is 1. The minimum atomic E-state index is -0.946. The minimum Gasteiger partial charge on any atom is -0.444 e. The summed E-state index contributed by atoms with van der Waals surface area (Å²) < 4.78 is 39.0. The molecular weight excluding hydrogens is 424 g/mol. The molecule has 0 spiro atoms. The monoisotopic (exact) mass is 445 g/mol. The normalized spacial score (nSPS) is 11.2. The van der Waals surface area contributed by atoms with Crippen LogP contribution in [0.5, 0.6) is 0 Å². The Balaban J connectivity index is 1.77. The molecular formula is C21H21F2N5O4. The Hall–Kier alpha value is -3.86. The lowest BCUT2D eigenvalue weighted by molar-refractivity contribution is 0.0635. The van der Waals surface area contributed by atoms with E-state index in [-0.39, 0.29) is 29.3 Å². The summed E-state index contributed by atoms with van der Waals surface area (Å²) in [4.78, 5) is 27.6. The molecule has 2 amide bonds. The molecule has 3 aromatic rings. The van der Waals surface area contributed by atoms with Crippen LogP contribution in [0.1, 0.15) is 42.5 Å². The maximum Gasteiger partial charge on any atom is 0.412 e. The van der Waals surface area contributed by atoms with E-state index in [4.69, 9.17) is 15.1 Å². The van der Waals surface area contributed by atoms with Crippen LogP contribution < -0.4 is 16.6 Å². The summed E-state index contributed by atoms with van der Waals surface area (Å²) in [6.07, 6.45) is -0.930. The lowest BCUT2D eigenvalue weighted by Crippen LogP contribution is -2.30. The molecule has 0 aliphatic heterocycles. The van der Waals surface area contributed by atoms with E-state index in [0.717, 1.165) is 12.1 Å². The van der Waals surface area contributed by atoms with Crippen molar-refractivity contribution >= 4 is 17.7 Å². The zero-order valence-corrected chi connectivity index (χ0v) is 17.5. The highest BCUT2D eigenvalue weighted by Gasteiger charge is 2.19. The van der Waals surface area contributed by atoms with Crippen molar-refractivity contribution in [1.29, 1.82) is 0 Å². The number of ether oxygens (including phenoxy) is 1. The molecule has 0 atom stereocenters. The molecule has 0 aliphatic carbocycles. The Morgan fingerprint density at radius 3 is 2.47 bits per heavy atom. The second-order valence-electron chi connectivity index (χ2n) is 7.79. The van der Waals surface area contributed by atoms with E-state index in [1.807, 2.05) is 5.43 Å². The number of amides is 2. The van der Waals surface area contributed by atoms with Crippen LogP contribution in [0.4, 0.5) is 19.3 Å². The van der Waals surface area contributed by atoms with Gasteiger partial charge in [-0.05, 0) is 51.1 Å². The second-order valence-corrected chi connectivity index (χ2v) is 7.79. The van der Waals surface area contributed by atoms with E-state index in [1.165, 1.54) is 0 Å². The molecule has 3 rings (SSSR count). The number of hydrogen-bond acceptors (Lipinski definition) is 7. The lowest BCUT2D eigenvalue weighted by atomic mass is 10.1. The zero-order valence-electron chi connectivity index (χ0n) is 17.5. The van der Waals surface area contributed by atoms with Gasteiger partial charge in [0, 0.05) is 28.8 Å². The highest BCUT2D eigenvalue weighted by atomic mass is 19.1. The van der Waals surface area contributed by atoms with Gasteiger partial charge < -0.3 is 9.26 Å². The fraction of sp³-hybridized carbons (Fsp3) is 0.238. The van der Waals surface area contributed by atoms with Gasteiger partial charge in [0.1, 0.15) is 17.2 Å². The average Bonchev–Trinajstić information content (AvgIpc) is 3.17. The third-order valence-electron chi connectivity index (χ3n) is 4.09. The van der Waals surface area contributed by atoms with Crippen molar-refractivity contribution in [3.05, 3.63) is 65.0 Å². The number of anilines is 1. The Morgan fingerprint density at radius 1 is 1.16 bits per heavy atom. The Labute approximate surface area is 181 Å². The summed E-state index contributed by atoms with van der Waals surface area (Å²) in [6, 6.07) is 8.29. The fourth-order valence-electron chi connectivity index (χ4n) is 2.74. The molecule has 168 valence electrons. The number of carbonyl (C=O) groups excluding carboxylic acids is 2. The van der Waals surface area contributed by atoms with Crippen LogP contribution in [0.25, 0.3) is 11.5 Å². The first kappa shape index (κ1) is 22.8. The van der Waals surface area contributed by atoms with E-state index in [1.54, 1.807) is 45.0 Å².